The minimum absolute atomic E-state index is 0.115. The van der Waals surface area contributed by atoms with Crippen LogP contribution in [0.1, 0.15) is 0 Å². The molecule has 1 amide bonds. The van der Waals surface area contributed by atoms with Crippen LogP contribution < -0.4 is 5.32 Å². The molecule has 0 unspecified atom stereocenters. The molecule has 1 aromatic heterocycles. The van der Waals surface area contributed by atoms with Crippen molar-refractivity contribution in [2.45, 2.75) is 5.16 Å². The van der Waals surface area contributed by atoms with Gasteiger partial charge in [0.25, 0.3) is 0 Å². The van der Waals surface area contributed by atoms with E-state index in [4.69, 9.17) is 23.2 Å². The van der Waals surface area contributed by atoms with Gasteiger partial charge in [-0.3, -0.25) is 4.79 Å². The number of carbonyl (C=O) groups is 1. The molecular formula is C7H7Cl2N3OS. The van der Waals surface area contributed by atoms with Gasteiger partial charge in [-0.15, -0.1) is 11.6 Å². The third kappa shape index (κ3) is 3.32. The lowest BCUT2D eigenvalue weighted by atomic mass is 10.5. The number of carbonyl (C=O) groups excluding carboxylic acids is 1. The normalized spacial score (nSPS) is 9.93. The standard InChI is InChI=1S/C7H7Cl2N3OS/c1-14-7-10-4(9)2-5(12-7)11-6(13)3-8/h2H,3H2,1H3,(H,10,11,12,13). The van der Waals surface area contributed by atoms with Crippen molar-refractivity contribution in [1.82, 2.24) is 9.97 Å². The fourth-order valence-corrected chi connectivity index (χ4v) is 1.41. The van der Waals surface area contributed by atoms with Crippen LogP contribution in [0, 0.1) is 0 Å². The predicted molar refractivity (Wildman–Crippen MR) is 58.2 cm³/mol. The first-order valence-corrected chi connectivity index (χ1v) is 5.74. The second-order valence-electron chi connectivity index (χ2n) is 2.24. The van der Waals surface area contributed by atoms with Gasteiger partial charge in [-0.25, -0.2) is 9.97 Å². The summed E-state index contributed by atoms with van der Waals surface area (Å²) >= 11 is 12.4. The van der Waals surface area contributed by atoms with E-state index in [1.807, 2.05) is 6.26 Å². The van der Waals surface area contributed by atoms with E-state index in [0.29, 0.717) is 11.0 Å². The van der Waals surface area contributed by atoms with Gasteiger partial charge < -0.3 is 5.32 Å². The van der Waals surface area contributed by atoms with Crippen molar-refractivity contribution in [2.75, 3.05) is 17.5 Å². The Morgan fingerprint density at radius 3 is 2.93 bits per heavy atom. The van der Waals surface area contributed by atoms with Crippen molar-refractivity contribution in [3.63, 3.8) is 0 Å². The van der Waals surface area contributed by atoms with Crippen LogP contribution in [0.5, 0.6) is 0 Å². The number of alkyl halides is 1. The lowest BCUT2D eigenvalue weighted by Crippen LogP contribution is -2.14. The SMILES string of the molecule is CSc1nc(Cl)cc(NC(=O)CCl)n1. The Morgan fingerprint density at radius 2 is 2.36 bits per heavy atom. The zero-order valence-corrected chi connectivity index (χ0v) is 9.58. The molecule has 1 heterocycles. The van der Waals surface area contributed by atoms with Crippen molar-refractivity contribution in [1.29, 1.82) is 0 Å². The second kappa shape index (κ2) is 5.38. The smallest absolute Gasteiger partial charge is 0.240 e. The third-order valence-corrected chi connectivity index (χ3v) is 2.23. The Balaban J connectivity index is 2.86. The molecule has 14 heavy (non-hydrogen) atoms. The van der Waals surface area contributed by atoms with Crippen molar-refractivity contribution in [3.8, 4) is 0 Å². The first kappa shape index (κ1) is 11.6. The maximum atomic E-state index is 10.9. The number of hydrogen-bond acceptors (Lipinski definition) is 4. The van der Waals surface area contributed by atoms with E-state index in [0.717, 1.165) is 0 Å². The molecule has 0 aromatic carbocycles. The van der Waals surface area contributed by atoms with Gasteiger partial charge in [0.1, 0.15) is 16.9 Å². The van der Waals surface area contributed by atoms with Crippen LogP contribution >= 0.6 is 35.0 Å². The maximum absolute atomic E-state index is 10.9. The fourth-order valence-electron chi connectivity index (χ4n) is 0.728. The van der Waals surface area contributed by atoms with Crippen LogP contribution in [0.2, 0.25) is 5.15 Å². The molecule has 0 fully saturated rings. The zero-order chi connectivity index (χ0) is 10.6. The van der Waals surface area contributed by atoms with Crippen LogP contribution in [0.25, 0.3) is 0 Å². The molecule has 1 rings (SSSR count). The number of hydrogen-bond donors (Lipinski definition) is 1. The molecule has 0 radical (unpaired) electrons. The Morgan fingerprint density at radius 1 is 1.64 bits per heavy atom. The molecule has 76 valence electrons. The summed E-state index contributed by atoms with van der Waals surface area (Å²) in [4.78, 5) is 18.9. The van der Waals surface area contributed by atoms with Gasteiger partial charge in [0, 0.05) is 6.07 Å². The molecule has 0 aliphatic rings. The molecule has 0 spiro atoms. The van der Waals surface area contributed by atoms with Gasteiger partial charge in [-0.05, 0) is 6.26 Å². The van der Waals surface area contributed by atoms with E-state index in [2.05, 4.69) is 15.3 Å². The van der Waals surface area contributed by atoms with E-state index in [1.165, 1.54) is 17.8 Å². The first-order valence-electron chi connectivity index (χ1n) is 3.60. The summed E-state index contributed by atoms with van der Waals surface area (Å²) in [5.74, 6) is -0.0792. The third-order valence-electron chi connectivity index (χ3n) is 1.25. The minimum Gasteiger partial charge on any atom is -0.309 e. The average molecular weight is 252 g/mol. The van der Waals surface area contributed by atoms with Gasteiger partial charge in [0.05, 0.1) is 0 Å². The van der Waals surface area contributed by atoms with E-state index in [-0.39, 0.29) is 16.9 Å². The van der Waals surface area contributed by atoms with Crippen LogP contribution in [0.4, 0.5) is 5.82 Å². The molecule has 1 aromatic rings. The zero-order valence-electron chi connectivity index (χ0n) is 7.25. The number of amides is 1. The number of thioether (sulfide) groups is 1. The summed E-state index contributed by atoms with van der Waals surface area (Å²) in [5, 5.41) is 3.28. The lowest BCUT2D eigenvalue weighted by molar-refractivity contribution is -0.113. The number of nitrogens with one attached hydrogen (secondary N) is 1. The van der Waals surface area contributed by atoms with Crippen LogP contribution in [0.15, 0.2) is 11.2 Å². The molecule has 4 nitrogen and oxygen atoms in total. The molecule has 0 saturated heterocycles. The van der Waals surface area contributed by atoms with Crippen molar-refractivity contribution < 1.29 is 4.79 Å². The number of anilines is 1. The molecule has 0 atom stereocenters. The van der Waals surface area contributed by atoms with Gasteiger partial charge >= 0.3 is 0 Å². The summed E-state index contributed by atoms with van der Waals surface area (Å²) < 4.78 is 0. The molecule has 0 bridgehead atoms. The Hall–Kier alpha value is -0.520. The van der Waals surface area contributed by atoms with Crippen LogP contribution in [-0.2, 0) is 4.79 Å². The lowest BCUT2D eigenvalue weighted by Gasteiger charge is -2.03. The van der Waals surface area contributed by atoms with Crippen molar-refractivity contribution in [3.05, 3.63) is 11.2 Å². The van der Waals surface area contributed by atoms with Crippen LogP contribution in [0.3, 0.4) is 0 Å². The molecular weight excluding hydrogens is 245 g/mol. The average Bonchev–Trinajstić information content (AvgIpc) is 2.16. The van der Waals surface area contributed by atoms with E-state index in [9.17, 15) is 4.79 Å². The summed E-state index contributed by atoms with van der Waals surface area (Å²) in [6, 6.07) is 1.46. The Bertz CT molecular complexity index is 348. The van der Waals surface area contributed by atoms with Gasteiger partial charge in [0.15, 0.2) is 5.16 Å². The summed E-state index contributed by atoms with van der Waals surface area (Å²) in [6.45, 7) is 0. The molecule has 0 aliphatic heterocycles. The summed E-state index contributed by atoms with van der Waals surface area (Å²) in [5.41, 5.74) is 0. The summed E-state index contributed by atoms with van der Waals surface area (Å²) in [7, 11) is 0. The van der Waals surface area contributed by atoms with Crippen molar-refractivity contribution >= 4 is 46.7 Å². The minimum atomic E-state index is -0.325. The predicted octanol–water partition coefficient (Wildman–Crippen LogP) is 2.03. The van der Waals surface area contributed by atoms with Crippen molar-refractivity contribution in [2.24, 2.45) is 0 Å². The van der Waals surface area contributed by atoms with Gasteiger partial charge in [-0.1, -0.05) is 23.4 Å². The topological polar surface area (TPSA) is 54.9 Å². The number of aromatic nitrogens is 2. The van der Waals surface area contributed by atoms with E-state index in [1.54, 1.807) is 0 Å². The quantitative estimate of drug-likeness (QED) is 0.387. The number of rotatable bonds is 3. The fraction of sp³-hybridized carbons (Fsp3) is 0.286. The largest absolute Gasteiger partial charge is 0.309 e. The molecule has 7 heteroatoms. The van der Waals surface area contributed by atoms with E-state index < -0.39 is 0 Å². The summed E-state index contributed by atoms with van der Waals surface area (Å²) in [6.07, 6.45) is 1.82. The highest BCUT2D eigenvalue weighted by atomic mass is 35.5. The van der Waals surface area contributed by atoms with Gasteiger partial charge in [0.2, 0.25) is 5.91 Å². The second-order valence-corrected chi connectivity index (χ2v) is 3.67. The maximum Gasteiger partial charge on any atom is 0.240 e. The molecule has 0 aliphatic carbocycles. The highest BCUT2D eigenvalue weighted by Gasteiger charge is 2.05. The van der Waals surface area contributed by atoms with Gasteiger partial charge in [-0.2, -0.15) is 0 Å². The highest BCUT2D eigenvalue weighted by molar-refractivity contribution is 7.98. The van der Waals surface area contributed by atoms with Crippen LogP contribution in [-0.4, -0.2) is 28.0 Å². The molecule has 1 N–H and O–H groups in total. The molecule has 0 saturated carbocycles. The number of halogens is 2. The van der Waals surface area contributed by atoms with E-state index >= 15 is 0 Å². The first-order chi connectivity index (χ1) is 6.65. The highest BCUT2D eigenvalue weighted by Crippen LogP contribution is 2.16. The number of nitrogens with zero attached hydrogens (tertiary/aromatic N) is 2. The monoisotopic (exact) mass is 251 g/mol. The Kier molecular flexibility index (Phi) is 4.44. The Labute approximate surface area is 95.4 Å².